The van der Waals surface area contributed by atoms with Gasteiger partial charge in [0.2, 0.25) is 11.7 Å². The fourth-order valence-corrected chi connectivity index (χ4v) is 3.74. The van der Waals surface area contributed by atoms with E-state index in [2.05, 4.69) is 25.5 Å². The second kappa shape index (κ2) is 9.59. The van der Waals surface area contributed by atoms with Gasteiger partial charge >= 0.3 is 12.4 Å². The van der Waals surface area contributed by atoms with Gasteiger partial charge in [-0.25, -0.2) is 4.79 Å². The lowest BCUT2D eigenvalue weighted by atomic mass is 10.1. The summed E-state index contributed by atoms with van der Waals surface area (Å²) in [6.45, 7) is 0.567. The number of likely N-dealkylation sites (tertiary alicyclic amines) is 1. The molecule has 0 spiro atoms. The third kappa shape index (κ3) is 5.76. The molecule has 1 saturated heterocycles. The Bertz CT molecular complexity index is 1140. The number of halogens is 3. The van der Waals surface area contributed by atoms with Crippen LogP contribution in [-0.2, 0) is 0 Å². The maximum Gasteiger partial charge on any atom is 0.573 e. The van der Waals surface area contributed by atoms with E-state index in [4.69, 9.17) is 9.26 Å². The van der Waals surface area contributed by atoms with Crippen LogP contribution in [0.1, 0.15) is 18.4 Å². The van der Waals surface area contributed by atoms with Gasteiger partial charge in [-0.1, -0.05) is 11.2 Å². The molecular formula is C22H22F3N5O4. The van der Waals surface area contributed by atoms with Crippen molar-refractivity contribution < 1.29 is 32.0 Å². The molecule has 180 valence electrons. The lowest BCUT2D eigenvalue weighted by molar-refractivity contribution is -0.274. The van der Waals surface area contributed by atoms with Crippen LogP contribution in [0, 0.1) is 0 Å². The van der Waals surface area contributed by atoms with Crippen LogP contribution in [0.3, 0.4) is 0 Å². The van der Waals surface area contributed by atoms with Crippen LogP contribution in [0.4, 0.5) is 23.7 Å². The molecular weight excluding hydrogens is 455 g/mol. The number of amides is 2. The van der Waals surface area contributed by atoms with E-state index in [-0.39, 0.29) is 29.7 Å². The zero-order chi connectivity index (χ0) is 24.3. The molecule has 2 unspecified atom stereocenters. The summed E-state index contributed by atoms with van der Waals surface area (Å²) in [5, 5.41) is 9.65. The first-order chi connectivity index (χ1) is 16.2. The Morgan fingerprint density at radius 3 is 2.65 bits per heavy atom. The number of anilines is 1. The van der Waals surface area contributed by atoms with Gasteiger partial charge in [0.15, 0.2) is 0 Å². The van der Waals surface area contributed by atoms with Crippen molar-refractivity contribution in [2.24, 2.45) is 0 Å². The van der Waals surface area contributed by atoms with E-state index in [0.29, 0.717) is 35.9 Å². The van der Waals surface area contributed by atoms with Gasteiger partial charge in [-0.15, -0.1) is 13.2 Å². The molecule has 1 aliphatic heterocycles. The molecule has 2 heterocycles. The highest BCUT2D eigenvalue weighted by Gasteiger charge is 2.35. The molecule has 1 fully saturated rings. The number of aromatic nitrogens is 2. The molecule has 34 heavy (non-hydrogen) atoms. The quantitative estimate of drug-likeness (QED) is 0.548. The van der Waals surface area contributed by atoms with Crippen molar-refractivity contribution in [3.05, 3.63) is 54.4 Å². The molecule has 1 aromatic heterocycles. The summed E-state index contributed by atoms with van der Waals surface area (Å²) >= 11 is 0. The summed E-state index contributed by atoms with van der Waals surface area (Å²) in [6, 6.07) is 11.5. The van der Waals surface area contributed by atoms with E-state index in [1.807, 2.05) is 11.9 Å². The number of benzene rings is 2. The normalized spacial score (nSPS) is 18.5. The Morgan fingerprint density at radius 2 is 1.94 bits per heavy atom. The summed E-state index contributed by atoms with van der Waals surface area (Å²) in [5.41, 5.74) is 1.09. The van der Waals surface area contributed by atoms with Crippen molar-refractivity contribution in [1.29, 1.82) is 0 Å². The molecule has 2 aromatic carbocycles. The van der Waals surface area contributed by atoms with E-state index in [0.717, 1.165) is 0 Å². The van der Waals surface area contributed by atoms with Crippen molar-refractivity contribution in [3.63, 3.8) is 0 Å². The molecule has 2 atom stereocenters. The Labute approximate surface area is 192 Å². The number of alkyl halides is 3. The van der Waals surface area contributed by atoms with Gasteiger partial charge in [0, 0.05) is 29.9 Å². The van der Waals surface area contributed by atoms with Crippen molar-refractivity contribution >= 4 is 11.7 Å². The van der Waals surface area contributed by atoms with Gasteiger partial charge in [-0.2, -0.15) is 4.98 Å². The number of methoxy groups -OCH3 is 1. The number of urea groups is 1. The lowest BCUT2D eigenvalue weighted by Gasteiger charge is -2.14. The molecule has 2 amide bonds. The average molecular weight is 477 g/mol. The van der Waals surface area contributed by atoms with Crippen LogP contribution in [-0.4, -0.2) is 54.2 Å². The number of rotatable bonds is 6. The molecule has 0 aliphatic carbocycles. The molecule has 0 radical (unpaired) electrons. The van der Waals surface area contributed by atoms with Crippen molar-refractivity contribution in [3.8, 4) is 22.9 Å². The van der Waals surface area contributed by atoms with Gasteiger partial charge < -0.3 is 24.6 Å². The maximum absolute atomic E-state index is 12.4. The van der Waals surface area contributed by atoms with Gasteiger partial charge in [-0.05, 0) is 49.9 Å². The smallest absolute Gasteiger partial charge is 0.497 e. The fraction of sp³-hybridized carbons (Fsp3) is 0.318. The lowest BCUT2D eigenvalue weighted by Crippen LogP contribution is -2.39. The minimum absolute atomic E-state index is 0.158. The Morgan fingerprint density at radius 1 is 1.18 bits per heavy atom. The van der Waals surface area contributed by atoms with E-state index >= 15 is 0 Å². The average Bonchev–Trinajstić information content (AvgIpc) is 3.40. The monoisotopic (exact) mass is 477 g/mol. The number of ether oxygens (including phenoxy) is 2. The van der Waals surface area contributed by atoms with E-state index < -0.39 is 6.36 Å². The van der Waals surface area contributed by atoms with Crippen molar-refractivity contribution in [1.82, 2.24) is 20.4 Å². The predicted octanol–water partition coefficient (Wildman–Crippen LogP) is 4.21. The first-order valence-electron chi connectivity index (χ1n) is 10.3. The minimum Gasteiger partial charge on any atom is -0.497 e. The van der Waals surface area contributed by atoms with Crippen LogP contribution >= 0.6 is 0 Å². The molecule has 0 bridgehead atoms. The van der Waals surface area contributed by atoms with E-state index in [9.17, 15) is 18.0 Å². The molecule has 0 saturated carbocycles. The summed E-state index contributed by atoms with van der Waals surface area (Å²) in [6.07, 6.45) is -4.22. The summed E-state index contributed by atoms with van der Waals surface area (Å²) < 4.78 is 51.4. The third-order valence-corrected chi connectivity index (χ3v) is 5.28. The maximum atomic E-state index is 12.4. The molecule has 2 N–H and O–H groups in total. The highest BCUT2D eigenvalue weighted by molar-refractivity contribution is 5.89. The third-order valence-electron chi connectivity index (χ3n) is 5.28. The van der Waals surface area contributed by atoms with Gasteiger partial charge in [0.1, 0.15) is 11.5 Å². The Hall–Kier alpha value is -3.80. The van der Waals surface area contributed by atoms with Gasteiger partial charge in [-0.3, -0.25) is 4.90 Å². The van der Waals surface area contributed by atoms with Crippen LogP contribution in [0.15, 0.2) is 53.1 Å². The second-order valence-corrected chi connectivity index (χ2v) is 7.75. The van der Waals surface area contributed by atoms with E-state index in [1.54, 1.807) is 31.4 Å². The molecule has 1 aliphatic rings. The molecule has 3 aromatic rings. The van der Waals surface area contributed by atoms with Crippen LogP contribution in [0.5, 0.6) is 11.5 Å². The van der Waals surface area contributed by atoms with E-state index in [1.165, 1.54) is 24.3 Å². The van der Waals surface area contributed by atoms with Gasteiger partial charge in [0.05, 0.1) is 13.2 Å². The Kier molecular flexibility index (Phi) is 6.59. The largest absolute Gasteiger partial charge is 0.573 e. The number of likely N-dealkylation sites (N-methyl/N-ethyl adjacent to an activating group) is 1. The van der Waals surface area contributed by atoms with Crippen LogP contribution in [0.25, 0.3) is 11.4 Å². The summed E-state index contributed by atoms with van der Waals surface area (Å²) in [7, 11) is 3.42. The summed E-state index contributed by atoms with van der Waals surface area (Å²) in [4.78, 5) is 18.8. The Balaban J connectivity index is 1.36. The zero-order valence-corrected chi connectivity index (χ0v) is 18.3. The van der Waals surface area contributed by atoms with Gasteiger partial charge in [0.25, 0.3) is 0 Å². The minimum atomic E-state index is -4.76. The molecule has 9 nitrogen and oxygen atoms in total. The number of nitrogens with one attached hydrogen (secondary N) is 2. The second-order valence-electron chi connectivity index (χ2n) is 7.75. The van der Waals surface area contributed by atoms with Crippen molar-refractivity contribution in [2.75, 3.05) is 26.0 Å². The van der Waals surface area contributed by atoms with Crippen LogP contribution in [0.2, 0.25) is 0 Å². The highest BCUT2D eigenvalue weighted by atomic mass is 19.4. The topological polar surface area (TPSA) is 102 Å². The number of hydrogen-bond donors (Lipinski definition) is 2. The first kappa shape index (κ1) is 23.4. The van der Waals surface area contributed by atoms with Crippen LogP contribution < -0.4 is 20.1 Å². The predicted molar refractivity (Wildman–Crippen MR) is 115 cm³/mol. The standard InChI is InChI=1S/C22H22F3N5O4/c1-30-12-15(27-21(31)26-14-4-3-5-17(10-14)32-2)11-18(30)20-28-19(29-34-20)13-6-8-16(9-7-13)33-22(23,24)25/h3-10,15,18H,11-12H2,1-2H3,(H2,26,27,31). The number of hydrogen-bond acceptors (Lipinski definition) is 7. The zero-order valence-electron chi connectivity index (χ0n) is 18.3. The SMILES string of the molecule is COc1cccc(NC(=O)NC2CC(c3nc(-c4ccc(OC(F)(F)F)cc4)no3)N(C)C2)c1. The first-order valence-corrected chi connectivity index (χ1v) is 10.3. The van der Waals surface area contributed by atoms with Crippen molar-refractivity contribution in [2.45, 2.75) is 24.9 Å². The number of carbonyl (C=O) groups is 1. The summed E-state index contributed by atoms with van der Waals surface area (Å²) in [5.74, 6) is 0.893. The number of nitrogens with zero attached hydrogens (tertiary/aromatic N) is 3. The number of carbonyl (C=O) groups excluding carboxylic acids is 1. The fourth-order valence-electron chi connectivity index (χ4n) is 3.74. The molecule has 4 rings (SSSR count). The highest BCUT2D eigenvalue weighted by Crippen LogP contribution is 2.32. The molecule has 12 heteroatoms.